The van der Waals surface area contributed by atoms with Gasteiger partial charge in [0.25, 0.3) is 0 Å². The number of allylic oxidation sites excluding steroid dienone is 9. The normalized spacial score (nSPS) is 24.9. The third-order valence-corrected chi connectivity index (χ3v) is 15.2. The van der Waals surface area contributed by atoms with E-state index in [2.05, 4.69) is 67.8 Å². The summed E-state index contributed by atoms with van der Waals surface area (Å²) in [6, 6.07) is -0.931. The Balaban J connectivity index is 1.62. The molecule has 2 heterocycles. The fourth-order valence-electron chi connectivity index (χ4n) is 10.1. The average Bonchev–Trinajstić information content (AvgIpc) is 3.47. The molecule has 78 heavy (non-hydrogen) atoms. The van der Waals surface area contributed by atoms with Gasteiger partial charge in [0.15, 0.2) is 12.6 Å². The molecule has 14 nitrogen and oxygen atoms in total. The summed E-state index contributed by atoms with van der Waals surface area (Å²) in [4.78, 5) is 13.2. The molecule has 2 saturated heterocycles. The van der Waals surface area contributed by atoms with Gasteiger partial charge in [-0.3, -0.25) is 4.79 Å². The van der Waals surface area contributed by atoms with Crippen LogP contribution in [-0.4, -0.2) is 140 Å². The molecule has 0 radical (unpaired) electrons. The maximum Gasteiger partial charge on any atom is 0.220 e. The molecular formula is C64H115NO13. The van der Waals surface area contributed by atoms with E-state index in [0.717, 1.165) is 44.9 Å². The second-order valence-corrected chi connectivity index (χ2v) is 22.2. The number of unbranched alkanes of at least 4 members (excludes halogenated alkanes) is 29. The number of ether oxygens (including phenoxy) is 4. The third kappa shape index (κ3) is 34.2. The summed E-state index contributed by atoms with van der Waals surface area (Å²) >= 11 is 0. The number of aliphatic hydroxyl groups excluding tert-OH is 8. The summed E-state index contributed by atoms with van der Waals surface area (Å²) in [5, 5.41) is 86.9. The molecule has 12 atom stereocenters. The van der Waals surface area contributed by atoms with Crippen molar-refractivity contribution < 1.29 is 64.6 Å². The maximum absolute atomic E-state index is 13.2. The zero-order valence-electron chi connectivity index (χ0n) is 48.9. The van der Waals surface area contributed by atoms with E-state index in [9.17, 15) is 45.6 Å². The molecule has 454 valence electrons. The van der Waals surface area contributed by atoms with Crippen LogP contribution in [0.15, 0.2) is 60.8 Å². The minimum atomic E-state index is -1.79. The molecule has 0 spiro atoms. The van der Waals surface area contributed by atoms with E-state index >= 15 is 0 Å². The second kappa shape index (κ2) is 49.3. The molecule has 9 N–H and O–H groups in total. The zero-order chi connectivity index (χ0) is 56.7. The summed E-state index contributed by atoms with van der Waals surface area (Å²) in [6.45, 7) is 2.74. The number of carbonyl (C=O) groups excluding carboxylic acids is 1. The summed E-state index contributed by atoms with van der Waals surface area (Å²) in [5.41, 5.74) is 0. The Morgan fingerprint density at radius 1 is 0.462 bits per heavy atom. The maximum atomic E-state index is 13.2. The Morgan fingerprint density at radius 2 is 0.859 bits per heavy atom. The van der Waals surface area contributed by atoms with E-state index in [0.29, 0.717) is 12.8 Å². The van der Waals surface area contributed by atoms with Crippen LogP contribution in [0.5, 0.6) is 0 Å². The number of rotatable bonds is 50. The first-order valence-electron chi connectivity index (χ1n) is 31.5. The van der Waals surface area contributed by atoms with Crippen LogP contribution < -0.4 is 5.32 Å². The number of hydrogen-bond donors (Lipinski definition) is 9. The molecule has 2 aliphatic heterocycles. The summed E-state index contributed by atoms with van der Waals surface area (Å²) < 4.78 is 22.7. The lowest BCUT2D eigenvalue weighted by Gasteiger charge is -2.46. The summed E-state index contributed by atoms with van der Waals surface area (Å²) in [7, 11) is 0. The van der Waals surface area contributed by atoms with Gasteiger partial charge in [-0.1, -0.05) is 229 Å². The third-order valence-electron chi connectivity index (χ3n) is 15.2. The minimum absolute atomic E-state index is 0.250. The van der Waals surface area contributed by atoms with E-state index in [4.69, 9.17) is 18.9 Å². The van der Waals surface area contributed by atoms with Crippen molar-refractivity contribution in [1.29, 1.82) is 0 Å². The monoisotopic (exact) mass is 1110 g/mol. The van der Waals surface area contributed by atoms with Crippen molar-refractivity contribution in [2.75, 3.05) is 19.8 Å². The highest BCUT2D eigenvalue weighted by atomic mass is 16.7. The smallest absolute Gasteiger partial charge is 0.220 e. The summed E-state index contributed by atoms with van der Waals surface area (Å²) in [6.07, 6.45) is 47.2. The van der Waals surface area contributed by atoms with Crippen molar-refractivity contribution in [2.24, 2.45) is 0 Å². The van der Waals surface area contributed by atoms with E-state index in [1.54, 1.807) is 6.08 Å². The van der Waals surface area contributed by atoms with Crippen LogP contribution in [0.2, 0.25) is 0 Å². The lowest BCUT2D eigenvalue weighted by molar-refractivity contribution is -0.359. The number of carbonyl (C=O) groups is 1. The van der Waals surface area contributed by atoms with Crippen LogP contribution >= 0.6 is 0 Å². The van der Waals surface area contributed by atoms with E-state index in [1.165, 1.54) is 167 Å². The van der Waals surface area contributed by atoms with Crippen molar-refractivity contribution >= 4 is 5.91 Å². The number of amides is 1. The van der Waals surface area contributed by atoms with Crippen molar-refractivity contribution in [3.63, 3.8) is 0 Å². The predicted molar refractivity (Wildman–Crippen MR) is 314 cm³/mol. The Labute approximate surface area is 473 Å². The molecule has 12 unspecified atom stereocenters. The zero-order valence-corrected chi connectivity index (χ0v) is 48.9. The molecule has 14 heteroatoms. The lowest BCUT2D eigenvalue weighted by atomic mass is 9.97. The largest absolute Gasteiger partial charge is 0.394 e. The highest BCUT2D eigenvalue weighted by molar-refractivity contribution is 5.76. The molecule has 0 bridgehead atoms. The Kier molecular flexibility index (Phi) is 45.4. The van der Waals surface area contributed by atoms with Crippen molar-refractivity contribution in [1.82, 2.24) is 5.32 Å². The SMILES string of the molecule is CCCCCCC/C=C\C/C=C\C/C=C\CCCCCCCCCCCCCCCCCCCCC(=O)NC(COC1OC(CO)C(OC2OC(CO)C(O)C(O)C2O)C(O)C1O)C(O)/C=C/CC/C=C/CCCCCCC. The first-order chi connectivity index (χ1) is 38.1. The average molecular weight is 1110 g/mol. The molecule has 0 aromatic carbocycles. The predicted octanol–water partition coefficient (Wildman–Crippen LogP) is 11.3. The van der Waals surface area contributed by atoms with Gasteiger partial charge in [0.05, 0.1) is 32.0 Å². The standard InChI is InChI=1S/C64H115NO13/c1-3-5-7-9-11-13-15-16-17-18-19-20-21-22-23-24-25-26-27-28-29-30-31-32-33-34-35-36-38-40-42-44-46-48-56(69)65-52(53(68)47-45-43-41-39-37-14-12-10-8-6-4-2)51-75-63-61(74)59(72)62(55(50-67)77-63)78-64-60(73)58(71)57(70)54(49-66)76-64/h15-16,18-19,21-22,37,39,45,47,52-55,57-64,66-68,70-74H,3-14,17,20,23-36,38,40-44,46,48-51H2,1-2H3,(H,65,69)/b16-15-,19-18-,22-21-,39-37+,47-45+. The Hall–Kier alpha value is -2.31. The van der Waals surface area contributed by atoms with Crippen LogP contribution in [0.1, 0.15) is 245 Å². The van der Waals surface area contributed by atoms with E-state index < -0.39 is 86.8 Å². The number of aliphatic hydroxyl groups is 8. The van der Waals surface area contributed by atoms with E-state index in [-0.39, 0.29) is 18.9 Å². The molecule has 0 saturated carbocycles. The van der Waals surface area contributed by atoms with Crippen LogP contribution in [0, 0.1) is 0 Å². The van der Waals surface area contributed by atoms with Crippen LogP contribution in [-0.2, 0) is 23.7 Å². The molecule has 1 amide bonds. The molecule has 2 rings (SSSR count). The molecule has 2 fully saturated rings. The first-order valence-corrected chi connectivity index (χ1v) is 31.5. The Morgan fingerprint density at radius 3 is 1.35 bits per heavy atom. The van der Waals surface area contributed by atoms with Crippen LogP contribution in [0.25, 0.3) is 0 Å². The van der Waals surface area contributed by atoms with Gasteiger partial charge in [0.1, 0.15) is 48.8 Å². The van der Waals surface area contributed by atoms with Gasteiger partial charge < -0.3 is 65.1 Å². The Bertz CT molecular complexity index is 1540. The fraction of sp³-hybridized carbons (Fsp3) is 0.828. The molecule has 2 aliphatic rings. The molecule has 0 aliphatic carbocycles. The molecular weight excluding hydrogens is 991 g/mol. The van der Waals surface area contributed by atoms with Gasteiger partial charge in [0.2, 0.25) is 5.91 Å². The highest BCUT2D eigenvalue weighted by Crippen LogP contribution is 2.30. The van der Waals surface area contributed by atoms with Gasteiger partial charge >= 0.3 is 0 Å². The van der Waals surface area contributed by atoms with Gasteiger partial charge in [-0.05, 0) is 70.6 Å². The number of nitrogens with one attached hydrogen (secondary N) is 1. The number of hydrogen-bond acceptors (Lipinski definition) is 13. The van der Waals surface area contributed by atoms with Crippen molar-refractivity contribution in [2.45, 2.75) is 319 Å². The molecule has 0 aromatic heterocycles. The van der Waals surface area contributed by atoms with Crippen molar-refractivity contribution in [3.05, 3.63) is 60.8 Å². The van der Waals surface area contributed by atoms with Gasteiger partial charge in [-0.15, -0.1) is 0 Å². The van der Waals surface area contributed by atoms with Crippen molar-refractivity contribution in [3.8, 4) is 0 Å². The lowest BCUT2D eigenvalue weighted by Crippen LogP contribution is -2.65. The van der Waals surface area contributed by atoms with Crippen LogP contribution in [0.3, 0.4) is 0 Å². The fourth-order valence-corrected chi connectivity index (χ4v) is 10.1. The minimum Gasteiger partial charge on any atom is -0.394 e. The topological polar surface area (TPSA) is 228 Å². The highest BCUT2D eigenvalue weighted by Gasteiger charge is 2.51. The van der Waals surface area contributed by atoms with Gasteiger partial charge in [-0.2, -0.15) is 0 Å². The van der Waals surface area contributed by atoms with E-state index in [1.807, 2.05) is 6.08 Å². The van der Waals surface area contributed by atoms with Gasteiger partial charge in [0, 0.05) is 6.42 Å². The van der Waals surface area contributed by atoms with Gasteiger partial charge in [-0.25, -0.2) is 0 Å². The summed E-state index contributed by atoms with van der Waals surface area (Å²) in [5.74, 6) is -0.250. The van der Waals surface area contributed by atoms with Crippen LogP contribution in [0.4, 0.5) is 0 Å². The quantitative estimate of drug-likeness (QED) is 0.0204. The second-order valence-electron chi connectivity index (χ2n) is 22.2. The molecule has 0 aromatic rings. The first kappa shape index (κ1) is 71.8.